The van der Waals surface area contributed by atoms with Crippen molar-refractivity contribution in [2.45, 2.75) is 25.3 Å². The molecule has 0 radical (unpaired) electrons. The molecule has 2 aromatic carbocycles. The third kappa shape index (κ3) is 3.69. The second kappa shape index (κ2) is 7.57. The second-order valence-electron chi connectivity index (χ2n) is 6.55. The summed E-state index contributed by atoms with van der Waals surface area (Å²) in [4.78, 5) is 11.3. The number of sulfonamides is 1. The molecule has 0 saturated carbocycles. The van der Waals surface area contributed by atoms with Crippen LogP contribution in [0.25, 0.3) is 5.69 Å². The lowest BCUT2D eigenvalue weighted by Crippen LogP contribution is -2.27. The van der Waals surface area contributed by atoms with Crippen LogP contribution in [0.15, 0.2) is 59.5 Å². The van der Waals surface area contributed by atoms with Gasteiger partial charge in [-0.2, -0.15) is 9.40 Å². The Hall–Kier alpha value is -2.97. The van der Waals surface area contributed by atoms with Gasteiger partial charge >= 0.3 is 0 Å². The molecule has 8 heteroatoms. The summed E-state index contributed by atoms with van der Waals surface area (Å²) < 4.78 is 28.9. The highest BCUT2D eigenvalue weighted by molar-refractivity contribution is 7.89. The number of carbonyl (C=O) groups is 1. The third-order valence-electron chi connectivity index (χ3n) is 4.67. The van der Waals surface area contributed by atoms with Crippen LogP contribution in [0.3, 0.4) is 0 Å². The van der Waals surface area contributed by atoms with Gasteiger partial charge in [-0.15, -0.1) is 0 Å². The fourth-order valence-electron chi connectivity index (χ4n) is 3.00. The minimum Gasteiger partial charge on any atom is -0.366 e. The largest absolute Gasteiger partial charge is 0.366 e. The zero-order valence-corrected chi connectivity index (χ0v) is 16.8. The van der Waals surface area contributed by atoms with Gasteiger partial charge < -0.3 is 5.73 Å². The number of rotatable bonds is 6. The van der Waals surface area contributed by atoms with E-state index in [4.69, 9.17) is 5.73 Å². The maximum atomic E-state index is 12.9. The van der Waals surface area contributed by atoms with E-state index in [-0.39, 0.29) is 17.0 Å². The van der Waals surface area contributed by atoms with Crippen LogP contribution in [0.2, 0.25) is 0 Å². The molecule has 0 bridgehead atoms. The molecule has 0 spiro atoms. The lowest BCUT2D eigenvalue weighted by molar-refractivity contribution is 0.1000. The van der Waals surface area contributed by atoms with Crippen LogP contribution >= 0.6 is 0 Å². The van der Waals surface area contributed by atoms with Crippen LogP contribution in [-0.2, 0) is 16.6 Å². The average Bonchev–Trinajstić information content (AvgIpc) is 2.97. The number of nitrogens with zero attached hydrogens (tertiary/aromatic N) is 3. The van der Waals surface area contributed by atoms with E-state index in [9.17, 15) is 13.2 Å². The molecule has 0 aliphatic rings. The molecular formula is C20H22N4O3S. The Morgan fingerprint density at radius 3 is 2.25 bits per heavy atom. The third-order valence-corrected chi connectivity index (χ3v) is 6.49. The highest BCUT2D eigenvalue weighted by atomic mass is 32.2. The number of carbonyl (C=O) groups excluding carboxylic acids is 1. The van der Waals surface area contributed by atoms with Crippen LogP contribution in [0.5, 0.6) is 0 Å². The summed E-state index contributed by atoms with van der Waals surface area (Å²) in [6.07, 6.45) is 0. The van der Waals surface area contributed by atoms with Gasteiger partial charge in [0.1, 0.15) is 0 Å². The number of hydrogen-bond acceptors (Lipinski definition) is 4. The van der Waals surface area contributed by atoms with Gasteiger partial charge in [-0.1, -0.05) is 18.2 Å². The van der Waals surface area contributed by atoms with E-state index in [1.807, 2.05) is 48.9 Å². The Kier molecular flexibility index (Phi) is 5.35. The molecule has 28 heavy (non-hydrogen) atoms. The number of amides is 1. The van der Waals surface area contributed by atoms with Crippen LogP contribution < -0.4 is 5.73 Å². The molecule has 146 valence electrons. The quantitative estimate of drug-likeness (QED) is 0.689. The molecule has 1 heterocycles. The van der Waals surface area contributed by atoms with Crippen molar-refractivity contribution >= 4 is 15.9 Å². The first-order valence-electron chi connectivity index (χ1n) is 8.68. The van der Waals surface area contributed by atoms with E-state index in [1.165, 1.54) is 35.6 Å². The van der Waals surface area contributed by atoms with Crippen LogP contribution in [-0.4, -0.2) is 35.5 Å². The number of para-hydroxylation sites is 1. The first kappa shape index (κ1) is 19.8. The molecule has 7 nitrogen and oxygen atoms in total. The molecule has 0 aliphatic carbocycles. The van der Waals surface area contributed by atoms with Crippen LogP contribution in [0, 0.1) is 13.8 Å². The monoisotopic (exact) mass is 398 g/mol. The van der Waals surface area contributed by atoms with E-state index in [2.05, 4.69) is 5.10 Å². The predicted octanol–water partition coefficient (Wildman–Crippen LogP) is 2.41. The minimum atomic E-state index is -3.72. The Morgan fingerprint density at radius 2 is 1.68 bits per heavy atom. The Bertz CT molecular complexity index is 1100. The molecule has 3 aromatic rings. The number of nitrogens with two attached hydrogens (primary N) is 1. The Labute approximate surface area is 164 Å². The molecule has 0 saturated heterocycles. The van der Waals surface area contributed by atoms with Gasteiger partial charge in [0.05, 0.1) is 16.3 Å². The molecule has 1 amide bonds. The number of hydrogen-bond donors (Lipinski definition) is 1. The number of primary amides is 1. The lowest BCUT2D eigenvalue weighted by Gasteiger charge is -2.18. The maximum Gasteiger partial charge on any atom is 0.248 e. The Morgan fingerprint density at radius 1 is 1.07 bits per heavy atom. The molecule has 0 unspecified atom stereocenters. The summed E-state index contributed by atoms with van der Waals surface area (Å²) in [5, 5.41) is 4.56. The van der Waals surface area contributed by atoms with Gasteiger partial charge in [-0.25, -0.2) is 13.1 Å². The fourth-order valence-corrected chi connectivity index (χ4v) is 4.14. The lowest BCUT2D eigenvalue weighted by atomic mass is 10.2. The molecule has 0 aliphatic heterocycles. The second-order valence-corrected chi connectivity index (χ2v) is 8.59. The summed E-state index contributed by atoms with van der Waals surface area (Å²) in [5.41, 5.74) is 8.90. The zero-order valence-electron chi connectivity index (χ0n) is 16.0. The van der Waals surface area contributed by atoms with Gasteiger partial charge in [-0.3, -0.25) is 4.79 Å². The number of aryl methyl sites for hydroxylation is 1. The number of aromatic nitrogens is 2. The van der Waals surface area contributed by atoms with E-state index >= 15 is 0 Å². The molecule has 2 N–H and O–H groups in total. The van der Waals surface area contributed by atoms with E-state index in [1.54, 1.807) is 0 Å². The van der Waals surface area contributed by atoms with E-state index < -0.39 is 15.9 Å². The summed E-state index contributed by atoms with van der Waals surface area (Å²) >= 11 is 0. The summed E-state index contributed by atoms with van der Waals surface area (Å²) in [6.45, 7) is 3.97. The highest BCUT2D eigenvalue weighted by Crippen LogP contribution is 2.22. The summed E-state index contributed by atoms with van der Waals surface area (Å²) in [5.74, 6) is -0.600. The van der Waals surface area contributed by atoms with Crippen molar-refractivity contribution in [1.29, 1.82) is 0 Å². The highest BCUT2D eigenvalue weighted by Gasteiger charge is 2.24. The van der Waals surface area contributed by atoms with E-state index in [0.29, 0.717) is 0 Å². The van der Waals surface area contributed by atoms with Crippen molar-refractivity contribution in [3.8, 4) is 5.69 Å². The van der Waals surface area contributed by atoms with Gasteiger partial charge in [0.15, 0.2) is 0 Å². The molecule has 0 fully saturated rings. The minimum absolute atomic E-state index is 0.103. The molecule has 3 rings (SSSR count). The average molecular weight is 398 g/mol. The normalized spacial score (nSPS) is 11.7. The van der Waals surface area contributed by atoms with Gasteiger partial charge in [0.2, 0.25) is 15.9 Å². The summed E-state index contributed by atoms with van der Waals surface area (Å²) in [7, 11) is -2.20. The van der Waals surface area contributed by atoms with Crippen molar-refractivity contribution in [3.05, 3.63) is 77.1 Å². The molecule has 1 aromatic heterocycles. The SMILES string of the molecule is Cc1nn(-c2ccccc2)c(C)c1CN(C)S(=O)(=O)c1ccc(C(N)=O)cc1. The van der Waals surface area contributed by atoms with Crippen molar-refractivity contribution in [3.63, 3.8) is 0 Å². The van der Waals surface area contributed by atoms with Gasteiger partial charge in [0.25, 0.3) is 0 Å². The number of benzene rings is 2. The van der Waals surface area contributed by atoms with E-state index in [0.717, 1.165) is 22.6 Å². The van der Waals surface area contributed by atoms with Crippen molar-refractivity contribution in [2.75, 3.05) is 7.05 Å². The van der Waals surface area contributed by atoms with Gasteiger partial charge in [-0.05, 0) is 50.2 Å². The fraction of sp³-hybridized carbons (Fsp3) is 0.200. The predicted molar refractivity (Wildman–Crippen MR) is 107 cm³/mol. The van der Waals surface area contributed by atoms with Crippen LogP contribution in [0.4, 0.5) is 0 Å². The van der Waals surface area contributed by atoms with Crippen molar-refractivity contribution < 1.29 is 13.2 Å². The molecular weight excluding hydrogens is 376 g/mol. The topological polar surface area (TPSA) is 98.3 Å². The maximum absolute atomic E-state index is 12.9. The van der Waals surface area contributed by atoms with Crippen molar-refractivity contribution in [1.82, 2.24) is 14.1 Å². The first-order chi connectivity index (χ1) is 13.2. The smallest absolute Gasteiger partial charge is 0.248 e. The summed E-state index contributed by atoms with van der Waals surface area (Å²) in [6, 6.07) is 15.3. The molecule has 0 atom stereocenters. The Balaban J connectivity index is 1.89. The standard InChI is InChI=1S/C20H22N4O3S/c1-14-19(15(2)24(22-14)17-7-5-4-6-8-17)13-23(3)28(26,27)18-11-9-16(10-12-18)20(21)25/h4-12H,13H2,1-3H3,(H2,21,25). The zero-order chi connectivity index (χ0) is 20.5. The van der Waals surface area contributed by atoms with Crippen LogP contribution in [0.1, 0.15) is 27.3 Å². The van der Waals surface area contributed by atoms with Gasteiger partial charge in [0, 0.05) is 30.4 Å². The first-order valence-corrected chi connectivity index (χ1v) is 10.1. The van der Waals surface area contributed by atoms with Crippen molar-refractivity contribution in [2.24, 2.45) is 5.73 Å².